The fraction of sp³-hybridized carbons (Fsp3) is 0.786. The van der Waals surface area contributed by atoms with Gasteiger partial charge in [0, 0.05) is 12.5 Å². The molecule has 2 aliphatic rings. The van der Waals surface area contributed by atoms with Gasteiger partial charge in [-0.05, 0) is 31.2 Å². The Morgan fingerprint density at radius 2 is 2.29 bits per heavy atom. The molecule has 4 rings (SSSR count). The molecule has 7 heteroatoms. The van der Waals surface area contributed by atoms with Gasteiger partial charge in [0.15, 0.2) is 5.82 Å². The van der Waals surface area contributed by atoms with Crippen LogP contribution in [-0.4, -0.2) is 39.6 Å². The van der Waals surface area contributed by atoms with Gasteiger partial charge >= 0.3 is 0 Å². The first-order valence-electron chi connectivity index (χ1n) is 7.68. The van der Waals surface area contributed by atoms with E-state index >= 15 is 0 Å². The summed E-state index contributed by atoms with van der Waals surface area (Å²) >= 11 is 1.66. The molecule has 2 unspecified atom stereocenters. The van der Waals surface area contributed by atoms with Gasteiger partial charge in [0.1, 0.15) is 5.01 Å². The molecule has 0 radical (unpaired) electrons. The molecule has 2 aromatic heterocycles. The Morgan fingerprint density at radius 3 is 3.05 bits per heavy atom. The highest BCUT2D eigenvalue weighted by molar-refractivity contribution is 7.16. The van der Waals surface area contributed by atoms with Crippen molar-refractivity contribution in [3.63, 3.8) is 0 Å². The quantitative estimate of drug-likeness (QED) is 0.921. The minimum Gasteiger partial charge on any atom is -0.381 e. The van der Waals surface area contributed by atoms with Gasteiger partial charge in [0.2, 0.25) is 4.96 Å². The molecule has 0 amide bonds. The van der Waals surface area contributed by atoms with E-state index < -0.39 is 0 Å². The fourth-order valence-electron chi connectivity index (χ4n) is 3.39. The largest absolute Gasteiger partial charge is 0.381 e. The maximum absolute atomic E-state index is 5.47. The zero-order chi connectivity index (χ0) is 14.4. The second-order valence-corrected chi connectivity index (χ2v) is 7.72. The SMILES string of the molecule is CC1(C)CCCNC1c1nn2c(C3CCOC3)nnc2s1. The van der Waals surface area contributed by atoms with Gasteiger partial charge in [-0.25, -0.2) is 0 Å². The van der Waals surface area contributed by atoms with E-state index in [1.165, 1.54) is 12.8 Å². The molecule has 0 saturated carbocycles. The van der Waals surface area contributed by atoms with Gasteiger partial charge in [-0.1, -0.05) is 25.2 Å². The first-order chi connectivity index (χ1) is 10.1. The van der Waals surface area contributed by atoms with Crippen LogP contribution < -0.4 is 5.32 Å². The zero-order valence-electron chi connectivity index (χ0n) is 12.5. The lowest BCUT2D eigenvalue weighted by Crippen LogP contribution is -2.39. The Hall–Kier alpha value is -1.05. The molecule has 2 saturated heterocycles. The summed E-state index contributed by atoms with van der Waals surface area (Å²) in [5.41, 5.74) is 0.234. The van der Waals surface area contributed by atoms with E-state index in [2.05, 4.69) is 29.4 Å². The molecule has 21 heavy (non-hydrogen) atoms. The van der Waals surface area contributed by atoms with Crippen molar-refractivity contribution in [1.29, 1.82) is 0 Å². The number of rotatable bonds is 2. The lowest BCUT2D eigenvalue weighted by Gasteiger charge is -2.37. The van der Waals surface area contributed by atoms with E-state index in [4.69, 9.17) is 9.84 Å². The van der Waals surface area contributed by atoms with E-state index in [0.29, 0.717) is 12.0 Å². The maximum atomic E-state index is 5.47. The zero-order valence-corrected chi connectivity index (χ0v) is 13.3. The van der Waals surface area contributed by atoms with Crippen molar-refractivity contribution < 1.29 is 4.74 Å². The summed E-state index contributed by atoms with van der Waals surface area (Å²) in [6.07, 6.45) is 3.48. The van der Waals surface area contributed by atoms with E-state index in [-0.39, 0.29) is 5.41 Å². The normalized spacial score (nSPS) is 29.2. The van der Waals surface area contributed by atoms with Crippen LogP contribution in [0.5, 0.6) is 0 Å². The summed E-state index contributed by atoms with van der Waals surface area (Å²) in [6.45, 7) is 7.25. The molecule has 0 bridgehead atoms. The molecule has 0 aliphatic carbocycles. The standard InChI is InChI=1S/C14H21N5OS/c1-14(2)5-3-6-15-10(14)12-18-19-11(9-4-7-20-8-9)16-17-13(19)21-12/h9-10,15H,3-8H2,1-2H3. The lowest BCUT2D eigenvalue weighted by molar-refractivity contribution is 0.180. The van der Waals surface area contributed by atoms with Crippen LogP contribution in [0.25, 0.3) is 4.96 Å². The molecule has 0 aromatic carbocycles. The Kier molecular flexibility index (Phi) is 3.24. The highest BCUT2D eigenvalue weighted by Gasteiger charge is 2.36. The van der Waals surface area contributed by atoms with E-state index in [1.807, 2.05) is 4.52 Å². The molecule has 4 heterocycles. The van der Waals surface area contributed by atoms with Gasteiger partial charge in [-0.15, -0.1) is 10.2 Å². The summed E-state index contributed by atoms with van der Waals surface area (Å²) in [4.78, 5) is 0.898. The van der Waals surface area contributed by atoms with Crippen LogP contribution in [0.3, 0.4) is 0 Å². The number of aromatic nitrogens is 4. The Balaban J connectivity index is 1.70. The van der Waals surface area contributed by atoms with Crippen LogP contribution in [0.2, 0.25) is 0 Å². The number of nitrogens with one attached hydrogen (secondary N) is 1. The summed E-state index contributed by atoms with van der Waals surface area (Å²) in [5, 5.41) is 18.2. The summed E-state index contributed by atoms with van der Waals surface area (Å²) < 4.78 is 7.40. The Bertz CT molecular complexity index is 643. The lowest BCUT2D eigenvalue weighted by atomic mass is 9.78. The van der Waals surface area contributed by atoms with Gasteiger partial charge in [-0.2, -0.15) is 9.61 Å². The average Bonchev–Trinajstić information content (AvgIpc) is 3.13. The van der Waals surface area contributed by atoms with Crippen LogP contribution in [0.4, 0.5) is 0 Å². The first kappa shape index (κ1) is 13.6. The van der Waals surface area contributed by atoms with Crippen molar-refractivity contribution in [1.82, 2.24) is 25.1 Å². The molecule has 1 N–H and O–H groups in total. The van der Waals surface area contributed by atoms with Crippen LogP contribution in [0, 0.1) is 5.41 Å². The van der Waals surface area contributed by atoms with Gasteiger partial charge in [0.05, 0.1) is 12.6 Å². The number of ether oxygens (including phenoxy) is 1. The summed E-state index contributed by atoms with van der Waals surface area (Å²) in [6, 6.07) is 0.311. The molecule has 2 atom stereocenters. The molecule has 2 aromatic rings. The average molecular weight is 307 g/mol. The minimum absolute atomic E-state index is 0.234. The second kappa shape index (κ2) is 5.00. The summed E-state index contributed by atoms with van der Waals surface area (Å²) in [5.74, 6) is 1.29. The topological polar surface area (TPSA) is 64.3 Å². The summed E-state index contributed by atoms with van der Waals surface area (Å²) in [7, 11) is 0. The van der Waals surface area contributed by atoms with E-state index in [9.17, 15) is 0 Å². The molecule has 6 nitrogen and oxygen atoms in total. The van der Waals surface area contributed by atoms with Crippen LogP contribution in [0.15, 0.2) is 0 Å². The highest BCUT2D eigenvalue weighted by Crippen LogP contribution is 2.41. The third-order valence-electron chi connectivity index (χ3n) is 4.70. The molecule has 114 valence electrons. The molecular weight excluding hydrogens is 286 g/mol. The number of nitrogens with zero attached hydrogens (tertiary/aromatic N) is 4. The van der Waals surface area contributed by atoms with E-state index in [0.717, 1.165) is 42.0 Å². The van der Waals surface area contributed by atoms with Gasteiger partial charge < -0.3 is 10.1 Å². The van der Waals surface area contributed by atoms with Crippen LogP contribution in [0.1, 0.15) is 55.9 Å². The van der Waals surface area contributed by atoms with Crippen molar-refractivity contribution in [2.75, 3.05) is 19.8 Å². The van der Waals surface area contributed by atoms with Gasteiger partial charge in [0.25, 0.3) is 0 Å². The monoisotopic (exact) mass is 307 g/mol. The number of fused-ring (bicyclic) bond motifs is 1. The smallest absolute Gasteiger partial charge is 0.234 e. The Morgan fingerprint density at radius 1 is 1.38 bits per heavy atom. The number of piperidine rings is 1. The van der Waals surface area contributed by atoms with Crippen LogP contribution >= 0.6 is 11.3 Å². The molecule has 2 fully saturated rings. The predicted octanol–water partition coefficient (Wildman–Crippen LogP) is 2.14. The van der Waals surface area contributed by atoms with Crippen molar-refractivity contribution in [3.05, 3.63) is 10.8 Å². The molecule has 2 aliphatic heterocycles. The molecule has 0 spiro atoms. The Labute approximate surface area is 127 Å². The third kappa shape index (κ3) is 2.27. The van der Waals surface area contributed by atoms with Crippen molar-refractivity contribution in [3.8, 4) is 0 Å². The number of hydrogen-bond acceptors (Lipinski definition) is 6. The van der Waals surface area contributed by atoms with E-state index in [1.54, 1.807) is 11.3 Å². The van der Waals surface area contributed by atoms with Gasteiger partial charge in [-0.3, -0.25) is 0 Å². The number of hydrogen-bond donors (Lipinski definition) is 1. The maximum Gasteiger partial charge on any atom is 0.234 e. The predicted molar refractivity (Wildman–Crippen MR) is 80.6 cm³/mol. The fourth-order valence-corrected chi connectivity index (χ4v) is 4.52. The van der Waals surface area contributed by atoms with Crippen molar-refractivity contribution in [2.24, 2.45) is 5.41 Å². The first-order valence-corrected chi connectivity index (χ1v) is 8.50. The second-order valence-electron chi connectivity index (χ2n) is 6.73. The highest BCUT2D eigenvalue weighted by atomic mass is 32.1. The van der Waals surface area contributed by atoms with Crippen molar-refractivity contribution in [2.45, 2.75) is 45.1 Å². The van der Waals surface area contributed by atoms with Crippen molar-refractivity contribution >= 4 is 16.3 Å². The third-order valence-corrected chi connectivity index (χ3v) is 5.66. The minimum atomic E-state index is 0.234. The molecular formula is C14H21N5OS. The van der Waals surface area contributed by atoms with Crippen LogP contribution in [-0.2, 0) is 4.74 Å².